The third-order valence-electron chi connectivity index (χ3n) is 4.20. The van der Waals surface area contributed by atoms with Crippen LogP contribution >= 0.6 is 0 Å². The molecule has 0 bridgehead atoms. The molecule has 1 heterocycles. The van der Waals surface area contributed by atoms with Gasteiger partial charge in [0.1, 0.15) is 5.84 Å². The number of rotatable bonds is 7. The molecule has 1 unspecified atom stereocenters. The first-order chi connectivity index (χ1) is 8.63. The molecule has 2 fully saturated rings. The van der Waals surface area contributed by atoms with Crippen LogP contribution in [0.5, 0.6) is 0 Å². The lowest BCUT2D eigenvalue weighted by Crippen LogP contribution is -2.41. The van der Waals surface area contributed by atoms with Crippen molar-refractivity contribution in [3.63, 3.8) is 0 Å². The molecule has 5 heteroatoms. The van der Waals surface area contributed by atoms with Gasteiger partial charge in [0.25, 0.3) is 0 Å². The van der Waals surface area contributed by atoms with E-state index >= 15 is 0 Å². The number of hydrogen-bond acceptors (Lipinski definition) is 4. The van der Waals surface area contributed by atoms with E-state index in [2.05, 4.69) is 22.3 Å². The summed E-state index contributed by atoms with van der Waals surface area (Å²) in [6.45, 7) is 6.87. The molecule has 5 nitrogen and oxygen atoms in total. The van der Waals surface area contributed by atoms with Crippen LogP contribution in [0.25, 0.3) is 0 Å². The molecule has 2 aliphatic rings. The van der Waals surface area contributed by atoms with Crippen LogP contribution in [0.15, 0.2) is 5.16 Å². The zero-order valence-corrected chi connectivity index (χ0v) is 11.4. The Kier molecular flexibility index (Phi) is 4.45. The van der Waals surface area contributed by atoms with Gasteiger partial charge < -0.3 is 21.2 Å². The van der Waals surface area contributed by atoms with Crippen LogP contribution in [0, 0.1) is 5.41 Å². The van der Waals surface area contributed by atoms with E-state index in [1.807, 2.05) is 0 Å². The molecule has 2 rings (SSSR count). The van der Waals surface area contributed by atoms with Gasteiger partial charge in [-0.15, -0.1) is 0 Å². The van der Waals surface area contributed by atoms with E-state index in [1.54, 1.807) is 0 Å². The maximum Gasteiger partial charge on any atom is 0.139 e. The van der Waals surface area contributed by atoms with Crippen molar-refractivity contribution in [1.29, 1.82) is 0 Å². The summed E-state index contributed by atoms with van der Waals surface area (Å²) in [6.07, 6.45) is 5.78. The quantitative estimate of drug-likeness (QED) is 0.274. The van der Waals surface area contributed by atoms with Gasteiger partial charge in [0.05, 0.1) is 0 Å². The molecule has 0 aromatic heterocycles. The Hall–Kier alpha value is -0.810. The minimum absolute atomic E-state index is 0.260. The average Bonchev–Trinajstić information content (AvgIpc) is 2.92. The van der Waals surface area contributed by atoms with Crippen LogP contribution in [0.1, 0.15) is 39.0 Å². The first kappa shape index (κ1) is 13.6. The maximum absolute atomic E-state index is 8.63. The van der Waals surface area contributed by atoms with Gasteiger partial charge in [-0.25, -0.2) is 0 Å². The van der Waals surface area contributed by atoms with Crippen molar-refractivity contribution in [1.82, 2.24) is 10.2 Å². The van der Waals surface area contributed by atoms with Crippen molar-refractivity contribution in [2.75, 3.05) is 26.2 Å². The van der Waals surface area contributed by atoms with Gasteiger partial charge >= 0.3 is 0 Å². The second kappa shape index (κ2) is 5.89. The lowest BCUT2D eigenvalue weighted by Gasteiger charge is -2.24. The van der Waals surface area contributed by atoms with Gasteiger partial charge in [0.15, 0.2) is 0 Å². The van der Waals surface area contributed by atoms with Crippen LogP contribution in [-0.2, 0) is 0 Å². The Bertz CT molecular complexity index is 295. The van der Waals surface area contributed by atoms with E-state index in [1.165, 1.54) is 38.8 Å². The van der Waals surface area contributed by atoms with E-state index in [4.69, 9.17) is 10.9 Å². The van der Waals surface area contributed by atoms with Crippen LogP contribution in [0.3, 0.4) is 0 Å². The zero-order chi connectivity index (χ0) is 13.0. The van der Waals surface area contributed by atoms with Crippen molar-refractivity contribution < 1.29 is 5.21 Å². The summed E-state index contributed by atoms with van der Waals surface area (Å²) in [7, 11) is 0. The fourth-order valence-corrected chi connectivity index (χ4v) is 2.82. The van der Waals surface area contributed by atoms with Crippen molar-refractivity contribution in [2.24, 2.45) is 16.3 Å². The van der Waals surface area contributed by atoms with Crippen LogP contribution in [0.4, 0.5) is 0 Å². The summed E-state index contributed by atoms with van der Waals surface area (Å²) in [5.41, 5.74) is 5.86. The maximum atomic E-state index is 8.63. The summed E-state index contributed by atoms with van der Waals surface area (Å²) < 4.78 is 0. The summed E-state index contributed by atoms with van der Waals surface area (Å²) in [5.74, 6) is 0.362. The average molecular weight is 254 g/mol. The van der Waals surface area contributed by atoms with E-state index < -0.39 is 0 Å². The monoisotopic (exact) mass is 254 g/mol. The van der Waals surface area contributed by atoms with Crippen molar-refractivity contribution in [3.05, 3.63) is 0 Å². The van der Waals surface area contributed by atoms with Crippen LogP contribution < -0.4 is 11.1 Å². The summed E-state index contributed by atoms with van der Waals surface area (Å²) in [4.78, 5) is 2.53. The third kappa shape index (κ3) is 3.85. The number of oxime groups is 1. The first-order valence-electron chi connectivity index (χ1n) is 7.06. The van der Waals surface area contributed by atoms with Crippen LogP contribution in [0.2, 0.25) is 0 Å². The Morgan fingerprint density at radius 2 is 2.11 bits per heavy atom. The normalized spacial score (nSPS) is 25.3. The number of amidine groups is 1. The number of likely N-dealkylation sites (tertiary alicyclic amines) is 1. The standard InChI is InChI=1S/C13H26N4O/c1-11(9-17-6-2-3-7-17)15-10-13(4-5-13)8-12(14)16-18/h11,15,18H,2-10H2,1H3,(H2,14,16). The molecule has 104 valence electrons. The third-order valence-corrected chi connectivity index (χ3v) is 4.20. The molecule has 0 spiro atoms. The predicted octanol–water partition coefficient (Wildman–Crippen LogP) is 0.977. The molecule has 4 N–H and O–H groups in total. The van der Waals surface area contributed by atoms with Crippen molar-refractivity contribution in [3.8, 4) is 0 Å². The first-order valence-corrected chi connectivity index (χ1v) is 7.06. The Labute approximate surface area is 109 Å². The Balaban J connectivity index is 1.67. The zero-order valence-electron chi connectivity index (χ0n) is 11.4. The molecule has 0 amide bonds. The molecule has 1 aliphatic heterocycles. The number of nitrogens with two attached hydrogens (primary N) is 1. The highest BCUT2D eigenvalue weighted by Crippen LogP contribution is 2.48. The summed E-state index contributed by atoms with van der Waals surface area (Å²) in [6, 6.07) is 0.521. The minimum Gasteiger partial charge on any atom is -0.409 e. The molecule has 1 saturated heterocycles. The highest BCUT2D eigenvalue weighted by atomic mass is 16.4. The molecule has 0 aromatic carbocycles. The van der Waals surface area contributed by atoms with Gasteiger partial charge in [0.2, 0.25) is 0 Å². The highest BCUT2D eigenvalue weighted by Gasteiger charge is 2.43. The van der Waals surface area contributed by atoms with E-state index in [9.17, 15) is 0 Å². The lowest BCUT2D eigenvalue weighted by molar-refractivity contribution is 0.287. The predicted molar refractivity (Wildman–Crippen MR) is 72.8 cm³/mol. The molecule has 1 saturated carbocycles. The van der Waals surface area contributed by atoms with Gasteiger partial charge in [-0.2, -0.15) is 0 Å². The SMILES string of the molecule is CC(CN1CCCC1)NCC1(CC(N)=NO)CC1. The fourth-order valence-electron chi connectivity index (χ4n) is 2.82. The molecule has 1 atom stereocenters. The summed E-state index contributed by atoms with van der Waals surface area (Å²) >= 11 is 0. The Morgan fingerprint density at radius 3 is 2.67 bits per heavy atom. The second-order valence-electron chi connectivity index (χ2n) is 6.06. The topological polar surface area (TPSA) is 73.9 Å². The minimum atomic E-state index is 0.260. The lowest BCUT2D eigenvalue weighted by atomic mass is 10.0. The molecular weight excluding hydrogens is 228 g/mol. The molecular formula is C13H26N4O. The molecule has 0 aromatic rings. The van der Waals surface area contributed by atoms with Gasteiger partial charge in [-0.05, 0) is 51.1 Å². The van der Waals surface area contributed by atoms with Crippen molar-refractivity contribution in [2.45, 2.75) is 45.1 Å². The van der Waals surface area contributed by atoms with E-state index in [-0.39, 0.29) is 5.41 Å². The second-order valence-corrected chi connectivity index (χ2v) is 6.06. The summed E-state index contributed by atoms with van der Waals surface area (Å²) in [5, 5.41) is 15.3. The van der Waals surface area contributed by atoms with Crippen LogP contribution in [-0.4, -0.2) is 48.2 Å². The van der Waals surface area contributed by atoms with Crippen molar-refractivity contribution >= 4 is 5.84 Å². The molecule has 0 radical (unpaired) electrons. The largest absolute Gasteiger partial charge is 0.409 e. The smallest absolute Gasteiger partial charge is 0.139 e. The molecule has 1 aliphatic carbocycles. The highest BCUT2D eigenvalue weighted by molar-refractivity contribution is 5.80. The number of nitrogens with one attached hydrogen (secondary N) is 1. The molecule has 18 heavy (non-hydrogen) atoms. The van der Waals surface area contributed by atoms with E-state index in [0.717, 1.165) is 13.1 Å². The van der Waals surface area contributed by atoms with Gasteiger partial charge in [0, 0.05) is 25.6 Å². The Morgan fingerprint density at radius 1 is 1.44 bits per heavy atom. The van der Waals surface area contributed by atoms with E-state index in [0.29, 0.717) is 18.3 Å². The number of nitrogens with zero attached hydrogens (tertiary/aromatic N) is 2. The number of hydrogen-bond donors (Lipinski definition) is 3. The fraction of sp³-hybridized carbons (Fsp3) is 0.923. The van der Waals surface area contributed by atoms with Gasteiger partial charge in [-0.3, -0.25) is 0 Å². The van der Waals surface area contributed by atoms with Gasteiger partial charge in [-0.1, -0.05) is 5.16 Å².